The minimum atomic E-state index is -3.80. The first-order valence-electron chi connectivity index (χ1n) is 7.79. The number of sulfonamides is 1. The lowest BCUT2D eigenvalue weighted by Gasteiger charge is -2.14. The zero-order chi connectivity index (χ0) is 18.7. The Morgan fingerprint density at radius 2 is 1.77 bits per heavy atom. The molecule has 26 heavy (non-hydrogen) atoms. The van der Waals surface area contributed by atoms with Gasteiger partial charge in [0.25, 0.3) is 10.0 Å². The molecule has 0 saturated heterocycles. The van der Waals surface area contributed by atoms with Gasteiger partial charge in [0.2, 0.25) is 0 Å². The molecule has 1 N–H and O–H groups in total. The second-order valence-corrected chi connectivity index (χ2v) is 7.22. The normalized spacial score (nSPS) is 11.2. The Morgan fingerprint density at radius 3 is 2.42 bits per heavy atom. The number of nitrogens with zero attached hydrogens (tertiary/aromatic N) is 2. The SMILES string of the molecule is COc1cc(NS(=O)(=O)c2ccccc2OC)ccc1-n1cnc(C)c1. The molecule has 136 valence electrons. The summed E-state index contributed by atoms with van der Waals surface area (Å²) in [4.78, 5) is 4.26. The maximum atomic E-state index is 12.7. The highest BCUT2D eigenvalue weighted by Gasteiger charge is 2.20. The first-order valence-corrected chi connectivity index (χ1v) is 9.28. The third-order valence-electron chi connectivity index (χ3n) is 3.78. The van der Waals surface area contributed by atoms with Crippen molar-refractivity contribution in [2.24, 2.45) is 0 Å². The highest BCUT2D eigenvalue weighted by atomic mass is 32.2. The first kappa shape index (κ1) is 17.8. The fraction of sp³-hybridized carbons (Fsp3) is 0.167. The Morgan fingerprint density at radius 1 is 1.04 bits per heavy atom. The number of anilines is 1. The van der Waals surface area contributed by atoms with Crippen molar-refractivity contribution in [3.63, 3.8) is 0 Å². The minimum Gasteiger partial charge on any atom is -0.495 e. The Balaban J connectivity index is 1.95. The Labute approximate surface area is 152 Å². The number of imidazole rings is 1. The van der Waals surface area contributed by atoms with E-state index in [2.05, 4.69) is 9.71 Å². The molecule has 0 aliphatic carbocycles. The smallest absolute Gasteiger partial charge is 0.265 e. The molecule has 0 saturated carbocycles. The Hall–Kier alpha value is -3.00. The molecule has 7 nitrogen and oxygen atoms in total. The van der Waals surface area contributed by atoms with Crippen LogP contribution in [0.2, 0.25) is 0 Å². The van der Waals surface area contributed by atoms with Gasteiger partial charge in [0.05, 0.1) is 37.6 Å². The highest BCUT2D eigenvalue weighted by molar-refractivity contribution is 7.92. The van der Waals surface area contributed by atoms with E-state index < -0.39 is 10.0 Å². The molecule has 0 spiro atoms. The van der Waals surface area contributed by atoms with Gasteiger partial charge in [-0.3, -0.25) is 4.72 Å². The summed E-state index contributed by atoms with van der Waals surface area (Å²) in [5.74, 6) is 0.792. The minimum absolute atomic E-state index is 0.0655. The predicted molar refractivity (Wildman–Crippen MR) is 98.7 cm³/mol. The third-order valence-corrected chi connectivity index (χ3v) is 5.20. The summed E-state index contributed by atoms with van der Waals surface area (Å²) in [7, 11) is -0.845. The summed E-state index contributed by atoms with van der Waals surface area (Å²) >= 11 is 0. The molecular formula is C18H19N3O4S. The van der Waals surface area contributed by atoms with E-state index in [9.17, 15) is 8.42 Å². The molecule has 0 aliphatic heterocycles. The summed E-state index contributed by atoms with van der Waals surface area (Å²) < 4.78 is 40.3. The highest BCUT2D eigenvalue weighted by Crippen LogP contribution is 2.30. The lowest BCUT2D eigenvalue weighted by Crippen LogP contribution is -2.14. The molecule has 0 fully saturated rings. The van der Waals surface area contributed by atoms with Crippen LogP contribution in [0.15, 0.2) is 59.9 Å². The standard InChI is InChI=1S/C18H19N3O4S/c1-13-11-21(12-19-13)15-9-8-14(10-17(15)25-3)20-26(22,23)18-7-5-4-6-16(18)24-2/h4-12,20H,1-3H3. The summed E-state index contributed by atoms with van der Waals surface area (Å²) in [5.41, 5.74) is 2.01. The fourth-order valence-corrected chi connectivity index (χ4v) is 3.78. The van der Waals surface area contributed by atoms with Gasteiger partial charge in [0.1, 0.15) is 16.4 Å². The van der Waals surface area contributed by atoms with E-state index in [1.165, 1.54) is 20.3 Å². The van der Waals surface area contributed by atoms with Gasteiger partial charge < -0.3 is 14.0 Å². The molecule has 2 aromatic carbocycles. The number of hydrogen-bond donors (Lipinski definition) is 1. The maximum absolute atomic E-state index is 12.7. The molecule has 0 unspecified atom stereocenters. The van der Waals surface area contributed by atoms with E-state index >= 15 is 0 Å². The van der Waals surface area contributed by atoms with Gasteiger partial charge in [-0.05, 0) is 31.2 Å². The van der Waals surface area contributed by atoms with Crippen LogP contribution in [-0.2, 0) is 10.0 Å². The number of para-hydroxylation sites is 1. The largest absolute Gasteiger partial charge is 0.495 e. The number of aryl methyl sites for hydroxylation is 1. The van der Waals surface area contributed by atoms with E-state index in [0.29, 0.717) is 11.4 Å². The van der Waals surface area contributed by atoms with Crippen LogP contribution in [0.4, 0.5) is 5.69 Å². The van der Waals surface area contributed by atoms with Crippen molar-refractivity contribution in [2.75, 3.05) is 18.9 Å². The van der Waals surface area contributed by atoms with Crippen molar-refractivity contribution >= 4 is 15.7 Å². The van der Waals surface area contributed by atoms with Crippen LogP contribution in [0, 0.1) is 6.92 Å². The molecule has 0 aliphatic rings. The van der Waals surface area contributed by atoms with E-state index in [0.717, 1.165) is 11.4 Å². The van der Waals surface area contributed by atoms with E-state index in [1.54, 1.807) is 42.7 Å². The topological polar surface area (TPSA) is 82.5 Å². The number of ether oxygens (including phenoxy) is 2. The Bertz CT molecular complexity index is 1030. The van der Waals surface area contributed by atoms with Gasteiger partial charge in [-0.2, -0.15) is 0 Å². The van der Waals surface area contributed by atoms with Crippen molar-refractivity contribution in [3.8, 4) is 17.2 Å². The molecule has 0 amide bonds. The van der Waals surface area contributed by atoms with Gasteiger partial charge in [-0.15, -0.1) is 0 Å². The van der Waals surface area contributed by atoms with Crippen molar-refractivity contribution in [1.82, 2.24) is 9.55 Å². The number of methoxy groups -OCH3 is 2. The average molecular weight is 373 g/mol. The lowest BCUT2D eigenvalue weighted by molar-refractivity contribution is 0.403. The van der Waals surface area contributed by atoms with Crippen LogP contribution < -0.4 is 14.2 Å². The molecule has 1 aromatic heterocycles. The number of aromatic nitrogens is 2. The predicted octanol–water partition coefficient (Wildman–Crippen LogP) is 3.00. The van der Waals surface area contributed by atoms with Crippen molar-refractivity contribution < 1.29 is 17.9 Å². The van der Waals surface area contributed by atoms with Crippen molar-refractivity contribution in [3.05, 3.63) is 60.7 Å². The second kappa shape index (κ2) is 7.09. The average Bonchev–Trinajstić information content (AvgIpc) is 3.07. The molecular weight excluding hydrogens is 354 g/mol. The summed E-state index contributed by atoms with van der Waals surface area (Å²) in [6.45, 7) is 1.89. The quantitative estimate of drug-likeness (QED) is 0.718. The van der Waals surface area contributed by atoms with E-state index in [4.69, 9.17) is 9.47 Å². The van der Waals surface area contributed by atoms with E-state index in [-0.39, 0.29) is 10.6 Å². The Kier molecular flexibility index (Phi) is 4.85. The number of rotatable bonds is 6. The van der Waals surface area contributed by atoms with Gasteiger partial charge in [0, 0.05) is 12.3 Å². The van der Waals surface area contributed by atoms with Gasteiger partial charge in [-0.1, -0.05) is 12.1 Å². The number of nitrogens with one attached hydrogen (secondary N) is 1. The van der Waals surface area contributed by atoms with Gasteiger partial charge >= 0.3 is 0 Å². The lowest BCUT2D eigenvalue weighted by atomic mass is 10.2. The van der Waals surface area contributed by atoms with Crippen LogP contribution >= 0.6 is 0 Å². The summed E-state index contributed by atoms with van der Waals surface area (Å²) in [5, 5.41) is 0. The number of benzene rings is 2. The maximum Gasteiger partial charge on any atom is 0.265 e. The summed E-state index contributed by atoms with van der Waals surface area (Å²) in [6.07, 6.45) is 3.53. The van der Waals surface area contributed by atoms with Crippen LogP contribution in [0.3, 0.4) is 0 Å². The molecule has 0 atom stereocenters. The van der Waals surface area contributed by atoms with Crippen LogP contribution in [0.25, 0.3) is 5.69 Å². The molecule has 3 aromatic rings. The molecule has 8 heteroatoms. The van der Waals surface area contributed by atoms with Gasteiger partial charge in [-0.25, -0.2) is 13.4 Å². The van der Waals surface area contributed by atoms with Crippen LogP contribution in [-0.4, -0.2) is 32.2 Å². The molecule has 3 rings (SSSR count). The fourth-order valence-electron chi connectivity index (χ4n) is 2.56. The second-order valence-electron chi connectivity index (χ2n) is 5.57. The zero-order valence-electron chi connectivity index (χ0n) is 14.6. The molecule has 0 bridgehead atoms. The van der Waals surface area contributed by atoms with Crippen LogP contribution in [0.1, 0.15) is 5.69 Å². The van der Waals surface area contributed by atoms with E-state index in [1.807, 2.05) is 17.7 Å². The van der Waals surface area contributed by atoms with Crippen molar-refractivity contribution in [1.29, 1.82) is 0 Å². The monoisotopic (exact) mass is 373 g/mol. The van der Waals surface area contributed by atoms with Crippen LogP contribution in [0.5, 0.6) is 11.5 Å². The first-order chi connectivity index (χ1) is 12.4. The molecule has 0 radical (unpaired) electrons. The number of hydrogen-bond acceptors (Lipinski definition) is 5. The van der Waals surface area contributed by atoms with Gasteiger partial charge in [0.15, 0.2) is 0 Å². The third kappa shape index (κ3) is 3.50. The zero-order valence-corrected chi connectivity index (χ0v) is 15.4. The van der Waals surface area contributed by atoms with Crippen molar-refractivity contribution in [2.45, 2.75) is 11.8 Å². The summed E-state index contributed by atoms with van der Waals surface area (Å²) in [6, 6.07) is 11.5. The molecule has 1 heterocycles.